The van der Waals surface area contributed by atoms with Crippen LogP contribution in [0.5, 0.6) is 0 Å². The predicted molar refractivity (Wildman–Crippen MR) is 47.3 cm³/mol. The van der Waals surface area contributed by atoms with E-state index in [9.17, 15) is 14.4 Å². The molecule has 0 saturated carbocycles. The molecule has 14 heavy (non-hydrogen) atoms. The first-order valence-electron chi connectivity index (χ1n) is 3.65. The van der Waals surface area contributed by atoms with Crippen molar-refractivity contribution in [3.05, 3.63) is 23.8 Å². The highest BCUT2D eigenvalue weighted by molar-refractivity contribution is 6.07. The van der Waals surface area contributed by atoms with Crippen molar-refractivity contribution >= 4 is 18.2 Å². The average Bonchev–Trinajstić information content (AvgIpc) is 2.22. The van der Waals surface area contributed by atoms with Crippen molar-refractivity contribution in [3.8, 4) is 0 Å². The van der Waals surface area contributed by atoms with Gasteiger partial charge < -0.3 is 9.47 Å². The molecule has 0 aromatic carbocycles. The molecule has 0 heterocycles. The molecule has 76 valence electrons. The van der Waals surface area contributed by atoms with Crippen LogP contribution in [0.15, 0.2) is 23.8 Å². The molecule has 0 N–H and O–H groups in total. The lowest BCUT2D eigenvalue weighted by Crippen LogP contribution is -2.05. The third kappa shape index (κ3) is 4.20. The van der Waals surface area contributed by atoms with Crippen molar-refractivity contribution in [1.29, 1.82) is 0 Å². The van der Waals surface area contributed by atoms with E-state index < -0.39 is 11.9 Å². The van der Waals surface area contributed by atoms with Gasteiger partial charge in [-0.1, -0.05) is 6.08 Å². The summed E-state index contributed by atoms with van der Waals surface area (Å²) in [7, 11) is 2.38. The van der Waals surface area contributed by atoms with Crippen molar-refractivity contribution in [1.82, 2.24) is 0 Å². The maximum atomic E-state index is 10.8. The number of ether oxygens (including phenoxy) is 2. The van der Waals surface area contributed by atoms with E-state index >= 15 is 0 Å². The fraction of sp³-hybridized carbons (Fsp3) is 0.222. The standard InChI is InChI=1S/C9H10O5/c1-13-8(11)5-3-4-7(6-10)9(12)14-2/h3-6H,1-2H3/b5-3+,7-4+. The highest BCUT2D eigenvalue weighted by atomic mass is 16.5. The van der Waals surface area contributed by atoms with Gasteiger partial charge in [0.25, 0.3) is 0 Å². The third-order valence-corrected chi connectivity index (χ3v) is 1.26. The number of rotatable bonds is 4. The molecule has 0 aromatic rings. The van der Waals surface area contributed by atoms with Crippen LogP contribution in [-0.4, -0.2) is 32.4 Å². The summed E-state index contributed by atoms with van der Waals surface area (Å²) in [6, 6.07) is 0. The van der Waals surface area contributed by atoms with E-state index in [1.54, 1.807) is 0 Å². The van der Waals surface area contributed by atoms with Crippen molar-refractivity contribution in [2.24, 2.45) is 0 Å². The number of methoxy groups -OCH3 is 2. The molecule has 0 bridgehead atoms. The van der Waals surface area contributed by atoms with Gasteiger partial charge in [0.15, 0.2) is 6.29 Å². The molecule has 0 aliphatic rings. The van der Waals surface area contributed by atoms with Gasteiger partial charge in [-0.2, -0.15) is 0 Å². The van der Waals surface area contributed by atoms with Crippen LogP contribution >= 0.6 is 0 Å². The summed E-state index contributed by atoms with van der Waals surface area (Å²) >= 11 is 0. The molecule has 5 heteroatoms. The molecule has 0 aliphatic heterocycles. The van der Waals surface area contributed by atoms with E-state index in [1.165, 1.54) is 13.2 Å². The number of allylic oxidation sites excluding steroid dienone is 2. The minimum Gasteiger partial charge on any atom is -0.466 e. The second-order valence-corrected chi connectivity index (χ2v) is 2.11. The van der Waals surface area contributed by atoms with Crippen molar-refractivity contribution < 1.29 is 23.9 Å². The van der Waals surface area contributed by atoms with E-state index in [1.807, 2.05) is 0 Å². The summed E-state index contributed by atoms with van der Waals surface area (Å²) in [6.45, 7) is 0. The minimum atomic E-state index is -0.755. The van der Waals surface area contributed by atoms with E-state index in [-0.39, 0.29) is 5.57 Å². The second-order valence-electron chi connectivity index (χ2n) is 2.11. The molecule has 0 rings (SSSR count). The Morgan fingerprint density at radius 3 is 2.21 bits per heavy atom. The summed E-state index contributed by atoms with van der Waals surface area (Å²) < 4.78 is 8.59. The molecule has 0 amide bonds. The van der Waals surface area contributed by atoms with Crippen LogP contribution in [0, 0.1) is 0 Å². The minimum absolute atomic E-state index is 0.173. The molecule has 0 aromatic heterocycles. The summed E-state index contributed by atoms with van der Waals surface area (Å²) in [4.78, 5) is 31.7. The smallest absolute Gasteiger partial charge is 0.341 e. The number of carbonyl (C=O) groups excluding carboxylic acids is 3. The quantitative estimate of drug-likeness (QED) is 0.159. The zero-order valence-corrected chi connectivity index (χ0v) is 7.85. The van der Waals surface area contributed by atoms with Gasteiger partial charge in [0.2, 0.25) is 0 Å². The first-order chi connectivity index (χ1) is 6.65. The molecule has 5 nitrogen and oxygen atoms in total. The van der Waals surface area contributed by atoms with Crippen LogP contribution in [-0.2, 0) is 23.9 Å². The summed E-state index contributed by atoms with van der Waals surface area (Å²) in [5, 5.41) is 0. The highest BCUT2D eigenvalue weighted by Crippen LogP contribution is 1.94. The van der Waals surface area contributed by atoms with E-state index in [0.29, 0.717) is 6.29 Å². The summed E-state index contributed by atoms with van der Waals surface area (Å²) in [5.41, 5.74) is -0.173. The van der Waals surface area contributed by atoms with E-state index in [0.717, 1.165) is 19.3 Å². The Labute approximate surface area is 81.0 Å². The van der Waals surface area contributed by atoms with Crippen molar-refractivity contribution in [2.45, 2.75) is 0 Å². The number of carbonyl (C=O) groups is 3. The van der Waals surface area contributed by atoms with Gasteiger partial charge in [0.05, 0.1) is 19.8 Å². The van der Waals surface area contributed by atoms with Gasteiger partial charge in [-0.25, -0.2) is 9.59 Å². The normalized spacial score (nSPS) is 11.1. The molecule has 0 atom stereocenters. The summed E-state index contributed by atoms with van der Waals surface area (Å²) in [6.07, 6.45) is 3.81. The zero-order valence-electron chi connectivity index (χ0n) is 7.85. The SMILES string of the molecule is COC(=O)/C=C/C=C(\C=O)C(=O)OC. The van der Waals surface area contributed by atoms with Gasteiger partial charge in [0, 0.05) is 6.08 Å². The van der Waals surface area contributed by atoms with Crippen molar-refractivity contribution in [2.75, 3.05) is 14.2 Å². The number of esters is 2. The third-order valence-electron chi connectivity index (χ3n) is 1.26. The van der Waals surface area contributed by atoms with Crippen molar-refractivity contribution in [3.63, 3.8) is 0 Å². The van der Waals surface area contributed by atoms with Crippen LogP contribution in [0.3, 0.4) is 0 Å². The van der Waals surface area contributed by atoms with E-state index in [2.05, 4.69) is 9.47 Å². The Kier molecular flexibility index (Phi) is 5.69. The number of hydrogen-bond acceptors (Lipinski definition) is 5. The van der Waals surface area contributed by atoms with Gasteiger partial charge in [-0.05, 0) is 6.08 Å². The fourth-order valence-electron chi connectivity index (χ4n) is 0.572. The molecular weight excluding hydrogens is 188 g/mol. The zero-order chi connectivity index (χ0) is 11.0. The lowest BCUT2D eigenvalue weighted by molar-refractivity contribution is -0.137. The Hall–Kier alpha value is -1.91. The van der Waals surface area contributed by atoms with Gasteiger partial charge in [0.1, 0.15) is 0 Å². The average molecular weight is 198 g/mol. The number of aldehydes is 1. The first-order valence-corrected chi connectivity index (χ1v) is 3.65. The van der Waals surface area contributed by atoms with Gasteiger partial charge in [-0.3, -0.25) is 4.79 Å². The number of hydrogen-bond donors (Lipinski definition) is 0. The van der Waals surface area contributed by atoms with Crippen LogP contribution in [0.2, 0.25) is 0 Å². The van der Waals surface area contributed by atoms with Crippen LogP contribution < -0.4 is 0 Å². The van der Waals surface area contributed by atoms with Gasteiger partial charge >= 0.3 is 11.9 Å². The molecule has 0 spiro atoms. The molecular formula is C9H10O5. The Morgan fingerprint density at radius 2 is 1.79 bits per heavy atom. The lowest BCUT2D eigenvalue weighted by Gasteiger charge is -1.94. The van der Waals surface area contributed by atoms with E-state index in [4.69, 9.17) is 0 Å². The predicted octanol–water partition coefficient (Wildman–Crippen LogP) is 0.0139. The Balaban J connectivity index is 4.47. The van der Waals surface area contributed by atoms with Crippen LogP contribution in [0.1, 0.15) is 0 Å². The monoisotopic (exact) mass is 198 g/mol. The molecule has 0 fully saturated rings. The molecule has 0 saturated heterocycles. The summed E-state index contributed by atoms with van der Waals surface area (Å²) in [5.74, 6) is -1.33. The maximum absolute atomic E-state index is 10.8. The van der Waals surface area contributed by atoms with Crippen LogP contribution in [0.4, 0.5) is 0 Å². The fourth-order valence-corrected chi connectivity index (χ4v) is 0.572. The molecule has 0 radical (unpaired) electrons. The Morgan fingerprint density at radius 1 is 1.14 bits per heavy atom. The van der Waals surface area contributed by atoms with Gasteiger partial charge in [-0.15, -0.1) is 0 Å². The molecule has 0 aliphatic carbocycles. The first kappa shape index (κ1) is 12.1. The largest absolute Gasteiger partial charge is 0.466 e. The second kappa shape index (κ2) is 6.59. The maximum Gasteiger partial charge on any atom is 0.341 e. The molecule has 0 unspecified atom stereocenters. The Bertz CT molecular complexity index is 288. The topological polar surface area (TPSA) is 69.7 Å². The lowest BCUT2D eigenvalue weighted by atomic mass is 10.2. The highest BCUT2D eigenvalue weighted by Gasteiger charge is 2.05. The van der Waals surface area contributed by atoms with Crippen LogP contribution in [0.25, 0.3) is 0 Å².